The molecule has 5 aromatic carbocycles. The maximum absolute atomic E-state index is 13.8. The second-order valence-corrected chi connectivity index (χ2v) is 10.6. The van der Waals surface area contributed by atoms with Crippen LogP contribution in [0.25, 0.3) is 21.7 Å². The Bertz CT molecular complexity index is 2090. The van der Waals surface area contributed by atoms with Crippen LogP contribution in [0.1, 0.15) is 50.4 Å². The summed E-state index contributed by atoms with van der Waals surface area (Å²) in [6.45, 7) is 2.32. The van der Waals surface area contributed by atoms with Crippen LogP contribution in [0.3, 0.4) is 0 Å². The van der Waals surface area contributed by atoms with E-state index in [-0.39, 0.29) is 23.3 Å². The highest BCUT2D eigenvalue weighted by Gasteiger charge is 2.19. The number of rotatable bonds is 8. The number of hydrogen-bond donors (Lipinski definition) is 3. The maximum atomic E-state index is 13.8. The van der Waals surface area contributed by atoms with E-state index in [2.05, 4.69) is 16.7 Å². The van der Waals surface area contributed by atoms with Crippen LogP contribution in [-0.2, 0) is 6.54 Å². The number of anilines is 2. The molecule has 3 N–H and O–H groups in total. The van der Waals surface area contributed by atoms with Crippen LogP contribution in [0.5, 0.6) is 0 Å². The summed E-state index contributed by atoms with van der Waals surface area (Å²) in [6, 6.07) is 31.5. The van der Waals surface area contributed by atoms with Crippen molar-refractivity contribution in [3.63, 3.8) is 0 Å². The third kappa shape index (κ3) is 5.72. The number of nitriles is 1. The van der Waals surface area contributed by atoms with Crippen molar-refractivity contribution in [1.82, 2.24) is 9.88 Å². The smallest absolute Gasteiger partial charge is 0.335 e. The van der Waals surface area contributed by atoms with Gasteiger partial charge in [0.25, 0.3) is 5.91 Å². The predicted octanol–water partition coefficient (Wildman–Crippen LogP) is 7.79. The summed E-state index contributed by atoms with van der Waals surface area (Å²) < 4.78 is 15.7. The van der Waals surface area contributed by atoms with Gasteiger partial charge in [-0.25, -0.2) is 9.18 Å². The lowest BCUT2D eigenvalue weighted by molar-refractivity contribution is 0.0696. The molecule has 0 unspecified atom stereocenters. The molecule has 0 saturated heterocycles. The number of amides is 1. The van der Waals surface area contributed by atoms with E-state index in [0.717, 1.165) is 44.2 Å². The number of hydrogen-bond acceptors (Lipinski definition) is 4. The number of carbonyl (C=O) groups excluding carboxylic acids is 1. The summed E-state index contributed by atoms with van der Waals surface area (Å²) in [5.74, 6) is -1.58. The summed E-state index contributed by atoms with van der Waals surface area (Å²) in [6.07, 6.45) is 1.93. The van der Waals surface area contributed by atoms with Crippen LogP contribution >= 0.6 is 0 Å². The molecule has 0 aliphatic carbocycles. The Hall–Kier alpha value is -5.94. The van der Waals surface area contributed by atoms with Crippen molar-refractivity contribution in [2.75, 3.05) is 5.32 Å². The van der Waals surface area contributed by atoms with Gasteiger partial charge in [-0.15, -0.1) is 0 Å². The Morgan fingerprint density at radius 1 is 0.932 bits per heavy atom. The molecule has 6 aromatic rings. The number of fused-ring (bicyclic) bond motifs is 2. The number of aromatic nitrogens is 1. The molecular weight excluding hydrogens is 555 g/mol. The third-order valence-electron chi connectivity index (χ3n) is 7.67. The summed E-state index contributed by atoms with van der Waals surface area (Å²) in [7, 11) is 0. The van der Waals surface area contributed by atoms with Crippen molar-refractivity contribution >= 4 is 44.9 Å². The molecule has 1 heterocycles. The first-order valence-corrected chi connectivity index (χ1v) is 14.0. The van der Waals surface area contributed by atoms with Gasteiger partial charge < -0.3 is 20.3 Å². The van der Waals surface area contributed by atoms with E-state index in [1.165, 1.54) is 24.3 Å². The van der Waals surface area contributed by atoms with Gasteiger partial charge in [0.15, 0.2) is 0 Å². The predicted molar refractivity (Wildman–Crippen MR) is 169 cm³/mol. The quantitative estimate of drug-likeness (QED) is 0.170. The molecule has 0 saturated carbocycles. The van der Waals surface area contributed by atoms with Crippen LogP contribution in [0.15, 0.2) is 109 Å². The molecule has 0 aliphatic heterocycles. The standard InChI is InChI=1S/C36H27FN4O3/c1-22(25-7-9-26(10-8-25)36(43)44)39-35(42)32-13-14-33(40-30-4-2-3-23(18-30)20-38)31-15-16-41(34(31)32)21-24-5-6-28-19-29(37)12-11-27(28)17-24/h2-19,22,40H,21H2,1H3,(H,39,42)(H,43,44)/t22-/m0/s1. The molecule has 0 bridgehead atoms. The van der Waals surface area contributed by atoms with Crippen molar-refractivity contribution in [2.45, 2.75) is 19.5 Å². The van der Waals surface area contributed by atoms with Gasteiger partial charge in [-0.1, -0.05) is 36.4 Å². The number of nitrogens with zero attached hydrogens (tertiary/aromatic N) is 2. The molecule has 0 radical (unpaired) electrons. The number of carbonyl (C=O) groups is 2. The summed E-state index contributed by atoms with van der Waals surface area (Å²) in [5, 5.41) is 27.6. The Labute approximate surface area is 252 Å². The fourth-order valence-corrected chi connectivity index (χ4v) is 5.40. The Balaban J connectivity index is 1.37. The SMILES string of the molecule is C[C@H](NC(=O)c1ccc(Nc2cccc(C#N)c2)c2ccn(Cc3ccc4cc(F)ccc4c3)c12)c1ccc(C(=O)O)cc1. The molecule has 0 fully saturated rings. The lowest BCUT2D eigenvalue weighted by atomic mass is 10.0. The second kappa shape index (κ2) is 11.7. The summed E-state index contributed by atoms with van der Waals surface area (Å²) >= 11 is 0. The Kier molecular flexibility index (Phi) is 7.52. The first kappa shape index (κ1) is 28.2. The highest BCUT2D eigenvalue weighted by atomic mass is 19.1. The van der Waals surface area contributed by atoms with Crippen LogP contribution in [0, 0.1) is 17.1 Å². The highest BCUT2D eigenvalue weighted by molar-refractivity contribution is 6.10. The normalized spacial score (nSPS) is 11.7. The van der Waals surface area contributed by atoms with Crippen molar-refractivity contribution in [3.8, 4) is 6.07 Å². The molecule has 0 aliphatic rings. The number of nitrogens with one attached hydrogen (secondary N) is 2. The van der Waals surface area contributed by atoms with Crippen LogP contribution in [0.4, 0.5) is 15.8 Å². The average Bonchev–Trinajstić information content (AvgIpc) is 3.45. The van der Waals surface area contributed by atoms with Crippen LogP contribution < -0.4 is 10.6 Å². The number of aromatic carboxylic acids is 1. The minimum atomic E-state index is -1.01. The molecule has 1 atom stereocenters. The lowest BCUT2D eigenvalue weighted by Crippen LogP contribution is -2.27. The van der Waals surface area contributed by atoms with Gasteiger partial charge in [0.1, 0.15) is 5.82 Å². The van der Waals surface area contributed by atoms with Gasteiger partial charge in [0.05, 0.1) is 34.3 Å². The molecule has 1 aromatic heterocycles. The Morgan fingerprint density at radius 3 is 2.48 bits per heavy atom. The lowest BCUT2D eigenvalue weighted by Gasteiger charge is -2.17. The molecule has 1 amide bonds. The summed E-state index contributed by atoms with van der Waals surface area (Å²) in [4.78, 5) is 25.0. The first-order chi connectivity index (χ1) is 21.3. The van der Waals surface area contributed by atoms with E-state index in [9.17, 15) is 24.3 Å². The average molecular weight is 583 g/mol. The monoisotopic (exact) mass is 582 g/mol. The zero-order valence-electron chi connectivity index (χ0n) is 23.7. The van der Waals surface area contributed by atoms with E-state index in [1.807, 2.05) is 54.1 Å². The van der Waals surface area contributed by atoms with Crippen molar-refractivity contribution in [3.05, 3.63) is 143 Å². The van der Waals surface area contributed by atoms with Gasteiger partial charge in [0, 0.05) is 29.5 Å². The fourth-order valence-electron chi connectivity index (χ4n) is 5.40. The summed E-state index contributed by atoms with van der Waals surface area (Å²) in [5.41, 5.74) is 5.18. The Morgan fingerprint density at radius 2 is 1.70 bits per heavy atom. The minimum Gasteiger partial charge on any atom is -0.478 e. The van der Waals surface area contributed by atoms with Gasteiger partial charge in [0.2, 0.25) is 0 Å². The van der Waals surface area contributed by atoms with Crippen LogP contribution in [-0.4, -0.2) is 21.6 Å². The molecule has 0 spiro atoms. The van der Waals surface area contributed by atoms with E-state index in [1.54, 1.807) is 42.5 Å². The minimum absolute atomic E-state index is 0.175. The highest BCUT2D eigenvalue weighted by Crippen LogP contribution is 2.32. The molecule has 44 heavy (non-hydrogen) atoms. The first-order valence-electron chi connectivity index (χ1n) is 14.0. The maximum Gasteiger partial charge on any atom is 0.335 e. The molecule has 6 rings (SSSR count). The van der Waals surface area contributed by atoms with Crippen molar-refractivity contribution in [2.24, 2.45) is 0 Å². The van der Waals surface area contributed by atoms with E-state index in [0.29, 0.717) is 17.7 Å². The largest absolute Gasteiger partial charge is 0.478 e. The third-order valence-corrected chi connectivity index (χ3v) is 7.67. The van der Waals surface area contributed by atoms with Gasteiger partial charge in [-0.3, -0.25) is 4.79 Å². The van der Waals surface area contributed by atoms with E-state index in [4.69, 9.17) is 0 Å². The van der Waals surface area contributed by atoms with Gasteiger partial charge >= 0.3 is 5.97 Å². The number of carboxylic acid groups (broad SMARTS) is 1. The molecule has 216 valence electrons. The zero-order chi connectivity index (χ0) is 30.8. The molecule has 8 heteroatoms. The number of carboxylic acids is 1. The van der Waals surface area contributed by atoms with Crippen LogP contribution in [0.2, 0.25) is 0 Å². The van der Waals surface area contributed by atoms with E-state index >= 15 is 0 Å². The number of benzene rings is 5. The topological polar surface area (TPSA) is 107 Å². The number of halogens is 1. The molecule has 7 nitrogen and oxygen atoms in total. The zero-order valence-corrected chi connectivity index (χ0v) is 23.7. The second-order valence-electron chi connectivity index (χ2n) is 10.6. The van der Waals surface area contributed by atoms with Crippen molar-refractivity contribution in [1.29, 1.82) is 5.26 Å². The van der Waals surface area contributed by atoms with Gasteiger partial charge in [-0.2, -0.15) is 5.26 Å². The fraction of sp³-hybridized carbons (Fsp3) is 0.0833. The molecular formula is C36H27FN4O3. The van der Waals surface area contributed by atoms with Crippen molar-refractivity contribution < 1.29 is 19.1 Å². The van der Waals surface area contributed by atoms with E-state index < -0.39 is 5.97 Å². The van der Waals surface area contributed by atoms with Gasteiger partial charge in [-0.05, 0) is 95.6 Å².